The summed E-state index contributed by atoms with van der Waals surface area (Å²) < 4.78 is 19.3. The number of thioether (sulfide) groups is 1. The summed E-state index contributed by atoms with van der Waals surface area (Å²) in [6.07, 6.45) is 1.97. The summed E-state index contributed by atoms with van der Waals surface area (Å²) in [7, 11) is 0. The van der Waals surface area contributed by atoms with Gasteiger partial charge in [-0.15, -0.1) is 0 Å². The normalized spacial score (nSPS) is 17.9. The van der Waals surface area contributed by atoms with E-state index in [-0.39, 0.29) is 11.7 Å². The predicted molar refractivity (Wildman–Crippen MR) is 139 cm³/mol. The third-order valence-electron chi connectivity index (χ3n) is 6.52. The summed E-state index contributed by atoms with van der Waals surface area (Å²) >= 11 is 1.58. The second kappa shape index (κ2) is 11.0. The van der Waals surface area contributed by atoms with Crippen molar-refractivity contribution in [1.29, 1.82) is 0 Å². The molecule has 8 heteroatoms. The Hall–Kier alpha value is -2.55. The van der Waals surface area contributed by atoms with Crippen LogP contribution in [0.4, 0.5) is 0 Å². The molecule has 0 aliphatic carbocycles. The van der Waals surface area contributed by atoms with E-state index in [1.165, 1.54) is 5.56 Å². The van der Waals surface area contributed by atoms with Gasteiger partial charge in [0.15, 0.2) is 5.16 Å². The van der Waals surface area contributed by atoms with Crippen molar-refractivity contribution in [2.45, 2.75) is 50.2 Å². The number of morpholine rings is 1. The molecule has 0 radical (unpaired) electrons. The van der Waals surface area contributed by atoms with Crippen LogP contribution in [-0.4, -0.2) is 60.0 Å². The van der Waals surface area contributed by atoms with Crippen LogP contribution in [0.15, 0.2) is 46.3 Å². The van der Waals surface area contributed by atoms with Crippen LogP contribution in [-0.2, 0) is 23.5 Å². The highest BCUT2D eigenvalue weighted by molar-refractivity contribution is 7.98. The lowest BCUT2D eigenvalue weighted by atomic mass is 10.1. The molecule has 2 aromatic carbocycles. The fourth-order valence-corrected chi connectivity index (χ4v) is 5.76. The van der Waals surface area contributed by atoms with Gasteiger partial charge in [-0.05, 0) is 44.5 Å². The second-order valence-corrected chi connectivity index (χ2v) is 10.0. The first-order chi connectivity index (χ1) is 17.1. The summed E-state index contributed by atoms with van der Waals surface area (Å²) in [6.45, 7) is 9.74. The van der Waals surface area contributed by atoms with E-state index in [1.807, 2.05) is 35.8 Å². The average molecular weight is 496 g/mol. The van der Waals surface area contributed by atoms with Crippen LogP contribution in [0.3, 0.4) is 0 Å². The molecule has 35 heavy (non-hydrogen) atoms. The molecular weight excluding hydrogens is 462 g/mol. The van der Waals surface area contributed by atoms with Crippen molar-refractivity contribution in [3.63, 3.8) is 0 Å². The largest absolute Gasteiger partial charge is 0.494 e. The van der Waals surface area contributed by atoms with Gasteiger partial charge in [0.25, 0.3) is 5.56 Å². The van der Waals surface area contributed by atoms with Crippen LogP contribution in [0, 0.1) is 0 Å². The van der Waals surface area contributed by atoms with Gasteiger partial charge in [0, 0.05) is 49.5 Å². The van der Waals surface area contributed by atoms with Crippen molar-refractivity contribution in [3.05, 3.63) is 57.9 Å². The summed E-state index contributed by atoms with van der Waals surface area (Å²) in [5.41, 5.74) is 3.02. The highest BCUT2D eigenvalue weighted by atomic mass is 32.2. The monoisotopic (exact) mass is 495 g/mol. The van der Waals surface area contributed by atoms with Gasteiger partial charge in [0.05, 0.1) is 30.7 Å². The van der Waals surface area contributed by atoms with E-state index < -0.39 is 0 Å². The van der Waals surface area contributed by atoms with E-state index in [4.69, 9.17) is 19.2 Å². The van der Waals surface area contributed by atoms with Gasteiger partial charge in [-0.2, -0.15) is 0 Å². The SMILES string of the molecule is CCOc1cc2c(cc1CSc1nc3ccccc3c(=O)n1CCCN1CCOCC1)OC(C)C2. The number of fused-ring (bicyclic) bond motifs is 2. The first-order valence-corrected chi connectivity index (χ1v) is 13.5. The highest BCUT2D eigenvalue weighted by Gasteiger charge is 2.22. The Morgan fingerprint density at radius 2 is 2.00 bits per heavy atom. The van der Waals surface area contributed by atoms with Crippen LogP contribution >= 0.6 is 11.8 Å². The van der Waals surface area contributed by atoms with E-state index in [0.29, 0.717) is 24.3 Å². The number of benzene rings is 2. The molecule has 1 aromatic heterocycles. The number of para-hydroxylation sites is 1. The zero-order valence-electron chi connectivity index (χ0n) is 20.5. The fraction of sp³-hybridized carbons (Fsp3) is 0.481. The zero-order chi connectivity index (χ0) is 24.2. The molecule has 2 aliphatic rings. The van der Waals surface area contributed by atoms with Crippen molar-refractivity contribution in [3.8, 4) is 11.5 Å². The third-order valence-corrected chi connectivity index (χ3v) is 7.55. The molecule has 186 valence electrons. The van der Waals surface area contributed by atoms with Gasteiger partial charge in [-0.3, -0.25) is 14.3 Å². The van der Waals surface area contributed by atoms with Crippen LogP contribution in [0.25, 0.3) is 10.9 Å². The van der Waals surface area contributed by atoms with Gasteiger partial charge >= 0.3 is 0 Å². The van der Waals surface area contributed by atoms with Crippen LogP contribution in [0.2, 0.25) is 0 Å². The van der Waals surface area contributed by atoms with Crippen molar-refractivity contribution >= 4 is 22.7 Å². The minimum atomic E-state index is 0.0243. The van der Waals surface area contributed by atoms with E-state index in [0.717, 1.165) is 73.4 Å². The molecule has 1 saturated heterocycles. The molecule has 2 aliphatic heterocycles. The van der Waals surface area contributed by atoms with Gasteiger partial charge in [-0.25, -0.2) is 4.98 Å². The lowest BCUT2D eigenvalue weighted by Crippen LogP contribution is -2.37. The molecule has 7 nitrogen and oxygen atoms in total. The Morgan fingerprint density at radius 1 is 1.17 bits per heavy atom. The van der Waals surface area contributed by atoms with E-state index >= 15 is 0 Å². The number of hydrogen-bond acceptors (Lipinski definition) is 7. The van der Waals surface area contributed by atoms with Gasteiger partial charge in [0.1, 0.15) is 17.6 Å². The van der Waals surface area contributed by atoms with Crippen molar-refractivity contribution < 1.29 is 14.2 Å². The average Bonchev–Trinajstić information content (AvgIpc) is 3.23. The fourth-order valence-electron chi connectivity index (χ4n) is 4.76. The van der Waals surface area contributed by atoms with Crippen molar-refractivity contribution in [2.75, 3.05) is 39.5 Å². The summed E-state index contributed by atoms with van der Waals surface area (Å²) in [5, 5.41) is 1.41. The molecule has 1 atom stereocenters. The number of aromatic nitrogens is 2. The Bertz CT molecular complexity index is 1240. The maximum absolute atomic E-state index is 13.4. The number of ether oxygens (including phenoxy) is 3. The summed E-state index contributed by atoms with van der Waals surface area (Å²) in [5.74, 6) is 2.47. The molecule has 1 unspecified atom stereocenters. The molecule has 0 spiro atoms. The topological polar surface area (TPSA) is 65.8 Å². The van der Waals surface area contributed by atoms with Crippen LogP contribution < -0.4 is 15.0 Å². The Morgan fingerprint density at radius 3 is 2.83 bits per heavy atom. The van der Waals surface area contributed by atoms with Crippen molar-refractivity contribution in [1.82, 2.24) is 14.5 Å². The Kier molecular flexibility index (Phi) is 7.60. The molecular formula is C27H33N3O4S. The lowest BCUT2D eigenvalue weighted by molar-refractivity contribution is 0.0368. The lowest BCUT2D eigenvalue weighted by Gasteiger charge is -2.26. The Balaban J connectivity index is 1.39. The van der Waals surface area contributed by atoms with Crippen LogP contribution in [0.1, 0.15) is 31.4 Å². The molecule has 5 rings (SSSR count). The quantitative estimate of drug-likeness (QED) is 0.327. The molecule has 0 N–H and O–H groups in total. The Labute approximate surface area is 210 Å². The number of rotatable bonds is 9. The molecule has 0 bridgehead atoms. The molecule has 3 aromatic rings. The smallest absolute Gasteiger partial charge is 0.262 e. The summed E-state index contributed by atoms with van der Waals surface area (Å²) in [6, 6.07) is 11.8. The van der Waals surface area contributed by atoms with E-state index in [2.05, 4.69) is 24.0 Å². The standard InChI is InChI=1S/C27H33N3O4S/c1-3-33-24-16-20-15-19(2)34-25(20)17-21(24)18-35-27-28-23-8-5-4-7-22(23)26(31)30(27)10-6-9-29-11-13-32-14-12-29/h4-5,7-8,16-17,19H,3,6,9-15,18H2,1-2H3. The number of hydrogen-bond donors (Lipinski definition) is 0. The minimum Gasteiger partial charge on any atom is -0.494 e. The molecule has 0 amide bonds. The van der Waals surface area contributed by atoms with E-state index in [9.17, 15) is 4.79 Å². The van der Waals surface area contributed by atoms with Gasteiger partial charge in [-0.1, -0.05) is 23.9 Å². The van der Waals surface area contributed by atoms with Crippen LogP contribution in [0.5, 0.6) is 11.5 Å². The van der Waals surface area contributed by atoms with E-state index in [1.54, 1.807) is 11.8 Å². The maximum Gasteiger partial charge on any atom is 0.262 e. The van der Waals surface area contributed by atoms with Gasteiger partial charge in [0.2, 0.25) is 0 Å². The first kappa shape index (κ1) is 24.2. The number of nitrogens with zero attached hydrogens (tertiary/aromatic N) is 3. The van der Waals surface area contributed by atoms with Gasteiger partial charge < -0.3 is 14.2 Å². The molecule has 3 heterocycles. The minimum absolute atomic E-state index is 0.0243. The molecule has 0 saturated carbocycles. The molecule has 1 fully saturated rings. The third kappa shape index (κ3) is 5.50. The zero-order valence-corrected chi connectivity index (χ0v) is 21.3. The second-order valence-electron chi connectivity index (χ2n) is 9.10. The highest BCUT2D eigenvalue weighted by Crippen LogP contribution is 2.37. The summed E-state index contributed by atoms with van der Waals surface area (Å²) in [4.78, 5) is 20.7. The maximum atomic E-state index is 13.4. The first-order valence-electron chi connectivity index (χ1n) is 12.5. The van der Waals surface area contributed by atoms with Crippen molar-refractivity contribution in [2.24, 2.45) is 0 Å². The predicted octanol–water partition coefficient (Wildman–Crippen LogP) is 4.13.